The van der Waals surface area contributed by atoms with Gasteiger partial charge >= 0.3 is 11.7 Å². The van der Waals surface area contributed by atoms with Gasteiger partial charge in [-0.15, -0.1) is 0 Å². The third-order valence-electron chi connectivity index (χ3n) is 4.11. The number of ether oxygens (including phenoxy) is 3. The molecule has 1 aromatic heterocycles. The normalized spacial score (nSPS) is 33.6. The first-order chi connectivity index (χ1) is 10.8. The number of hydrogen-bond donors (Lipinski definition) is 3. The molecule has 1 fully saturated rings. The molecule has 0 bridgehead atoms. The standard InChI is InChI=1S/C13H18N2O8/c1-12(15-5-4-8(17)14-11(15)20)13(22-3,10(19)21-2)9(18)7(6-16)23-12/h4-5,7,9,16,18H,6H2,1-3H3,(H,14,17,20)/t7-,9-,12-,13+/m1/s1. The van der Waals surface area contributed by atoms with Gasteiger partial charge in [-0.25, -0.2) is 9.59 Å². The molecule has 2 rings (SSSR count). The van der Waals surface area contributed by atoms with Crippen LogP contribution >= 0.6 is 0 Å². The first-order valence-electron chi connectivity index (χ1n) is 6.71. The molecule has 1 saturated heterocycles. The first kappa shape index (κ1) is 17.3. The minimum atomic E-state index is -2.13. The SMILES string of the molecule is COC(=O)[C@@]1(OC)[C@H](O)[C@@H](CO)O[C@@]1(C)n1ccc(=O)[nH]c1=O. The van der Waals surface area contributed by atoms with E-state index in [9.17, 15) is 24.6 Å². The molecule has 0 spiro atoms. The number of aromatic amines is 1. The summed E-state index contributed by atoms with van der Waals surface area (Å²) in [5.41, 5.74) is -5.52. The summed E-state index contributed by atoms with van der Waals surface area (Å²) < 4.78 is 16.4. The lowest BCUT2D eigenvalue weighted by Gasteiger charge is -2.40. The van der Waals surface area contributed by atoms with Gasteiger partial charge in [0.2, 0.25) is 5.60 Å². The second-order valence-corrected chi connectivity index (χ2v) is 5.18. The molecule has 0 unspecified atom stereocenters. The summed E-state index contributed by atoms with van der Waals surface area (Å²) in [6, 6.07) is 1.05. The van der Waals surface area contributed by atoms with Gasteiger partial charge in [0.15, 0.2) is 5.72 Å². The smallest absolute Gasteiger partial charge is 0.346 e. The van der Waals surface area contributed by atoms with Crippen LogP contribution < -0.4 is 11.2 Å². The quantitative estimate of drug-likeness (QED) is 0.516. The van der Waals surface area contributed by atoms with Crippen LogP contribution in [0.15, 0.2) is 21.9 Å². The minimum Gasteiger partial charge on any atom is -0.467 e. The molecule has 0 saturated carbocycles. The monoisotopic (exact) mass is 330 g/mol. The largest absolute Gasteiger partial charge is 0.467 e. The molecular formula is C13H18N2O8. The lowest BCUT2D eigenvalue weighted by molar-refractivity contribution is -0.219. The second kappa shape index (κ2) is 5.89. The Kier molecular flexibility index (Phi) is 4.44. The third-order valence-corrected chi connectivity index (χ3v) is 4.11. The summed E-state index contributed by atoms with van der Waals surface area (Å²) in [7, 11) is 2.22. The van der Waals surface area contributed by atoms with Crippen LogP contribution in [0.2, 0.25) is 0 Å². The third kappa shape index (κ3) is 2.22. The van der Waals surface area contributed by atoms with Gasteiger partial charge in [0, 0.05) is 19.4 Å². The molecule has 1 aliphatic heterocycles. The summed E-state index contributed by atoms with van der Waals surface area (Å²) in [5, 5.41) is 19.8. The summed E-state index contributed by atoms with van der Waals surface area (Å²) in [5.74, 6) is -0.996. The Morgan fingerprint density at radius 2 is 2.13 bits per heavy atom. The maximum absolute atomic E-state index is 12.4. The van der Waals surface area contributed by atoms with Gasteiger partial charge in [-0.3, -0.25) is 14.3 Å². The van der Waals surface area contributed by atoms with E-state index < -0.39 is 47.4 Å². The first-order valence-corrected chi connectivity index (χ1v) is 6.71. The number of hydrogen-bond acceptors (Lipinski definition) is 8. The molecule has 10 nitrogen and oxygen atoms in total. The van der Waals surface area contributed by atoms with Gasteiger partial charge in [0.1, 0.15) is 12.2 Å². The van der Waals surface area contributed by atoms with Crippen LogP contribution in [0.4, 0.5) is 0 Å². The Morgan fingerprint density at radius 3 is 2.61 bits per heavy atom. The van der Waals surface area contributed by atoms with Crippen molar-refractivity contribution in [3.8, 4) is 0 Å². The Morgan fingerprint density at radius 1 is 1.48 bits per heavy atom. The van der Waals surface area contributed by atoms with E-state index in [0.717, 1.165) is 31.0 Å². The zero-order valence-corrected chi connectivity index (χ0v) is 12.8. The van der Waals surface area contributed by atoms with E-state index in [1.165, 1.54) is 6.92 Å². The van der Waals surface area contributed by atoms with Gasteiger partial charge in [-0.1, -0.05) is 0 Å². The highest BCUT2D eigenvalue weighted by Crippen LogP contribution is 2.45. The van der Waals surface area contributed by atoms with Crippen LogP contribution in [-0.4, -0.2) is 64.4 Å². The van der Waals surface area contributed by atoms with Crippen molar-refractivity contribution in [3.63, 3.8) is 0 Å². The number of aromatic nitrogens is 2. The summed E-state index contributed by atoms with van der Waals surface area (Å²) in [6.07, 6.45) is -1.73. The van der Waals surface area contributed by atoms with Crippen molar-refractivity contribution in [3.05, 3.63) is 33.1 Å². The van der Waals surface area contributed by atoms with E-state index in [1.54, 1.807) is 0 Å². The molecule has 2 heterocycles. The zero-order valence-electron chi connectivity index (χ0n) is 12.8. The van der Waals surface area contributed by atoms with E-state index in [-0.39, 0.29) is 0 Å². The van der Waals surface area contributed by atoms with E-state index in [0.29, 0.717) is 0 Å². The molecule has 0 aromatic carbocycles. The fourth-order valence-electron chi connectivity index (χ4n) is 2.96. The lowest BCUT2D eigenvalue weighted by atomic mass is 9.86. The summed E-state index contributed by atoms with van der Waals surface area (Å²) in [4.78, 5) is 37.7. The van der Waals surface area contributed by atoms with Crippen molar-refractivity contribution in [1.29, 1.82) is 0 Å². The highest BCUT2D eigenvalue weighted by molar-refractivity contribution is 5.82. The molecule has 23 heavy (non-hydrogen) atoms. The number of nitrogens with one attached hydrogen (secondary N) is 1. The Hall–Kier alpha value is -2.01. The van der Waals surface area contributed by atoms with Crippen LogP contribution in [0, 0.1) is 0 Å². The molecule has 128 valence electrons. The summed E-state index contributed by atoms with van der Waals surface area (Å²) >= 11 is 0. The number of H-pyrrole nitrogens is 1. The van der Waals surface area contributed by atoms with Gasteiger partial charge in [-0.05, 0) is 6.92 Å². The molecule has 0 radical (unpaired) electrons. The van der Waals surface area contributed by atoms with Crippen molar-refractivity contribution in [2.45, 2.75) is 30.5 Å². The number of nitrogens with zero attached hydrogens (tertiary/aromatic N) is 1. The topological polar surface area (TPSA) is 140 Å². The van der Waals surface area contributed by atoms with E-state index in [2.05, 4.69) is 0 Å². The summed E-state index contributed by atoms with van der Waals surface area (Å²) in [6.45, 7) is 0.684. The van der Waals surface area contributed by atoms with E-state index in [1.807, 2.05) is 4.98 Å². The number of carbonyl (C=O) groups excluding carboxylic acids is 1. The number of esters is 1. The van der Waals surface area contributed by atoms with Crippen molar-refractivity contribution in [2.75, 3.05) is 20.8 Å². The maximum Gasteiger partial charge on any atom is 0.346 e. The molecule has 4 atom stereocenters. The molecule has 1 aromatic rings. The number of aliphatic hydroxyl groups excluding tert-OH is 2. The van der Waals surface area contributed by atoms with Crippen molar-refractivity contribution >= 4 is 5.97 Å². The van der Waals surface area contributed by atoms with Crippen molar-refractivity contribution in [2.24, 2.45) is 0 Å². The van der Waals surface area contributed by atoms with E-state index >= 15 is 0 Å². The van der Waals surface area contributed by atoms with Crippen LogP contribution in [0.3, 0.4) is 0 Å². The Balaban J connectivity index is 2.76. The predicted octanol–water partition coefficient (Wildman–Crippen LogP) is -2.48. The van der Waals surface area contributed by atoms with Crippen LogP contribution in [-0.2, 0) is 24.7 Å². The lowest BCUT2D eigenvalue weighted by Crippen LogP contribution is -2.65. The number of methoxy groups -OCH3 is 2. The minimum absolute atomic E-state index is 0.628. The average Bonchev–Trinajstić information content (AvgIpc) is 2.75. The highest BCUT2D eigenvalue weighted by Gasteiger charge is 2.70. The molecule has 1 aliphatic rings. The van der Waals surface area contributed by atoms with Crippen LogP contribution in [0.1, 0.15) is 6.92 Å². The predicted molar refractivity (Wildman–Crippen MR) is 74.7 cm³/mol. The van der Waals surface area contributed by atoms with Crippen molar-refractivity contribution < 1.29 is 29.2 Å². The molecular weight excluding hydrogens is 312 g/mol. The number of aliphatic hydroxyl groups is 2. The number of rotatable bonds is 4. The fraction of sp³-hybridized carbons (Fsp3) is 0.615. The van der Waals surface area contributed by atoms with Gasteiger partial charge in [0.05, 0.1) is 13.7 Å². The molecule has 10 heteroatoms. The number of carbonyl (C=O) groups is 1. The molecule has 3 N–H and O–H groups in total. The maximum atomic E-state index is 12.4. The Labute approximate surface area is 130 Å². The fourth-order valence-corrected chi connectivity index (χ4v) is 2.96. The van der Waals surface area contributed by atoms with Gasteiger partial charge in [0.25, 0.3) is 5.56 Å². The zero-order chi connectivity index (χ0) is 17.4. The van der Waals surface area contributed by atoms with Gasteiger partial charge in [-0.2, -0.15) is 0 Å². The van der Waals surface area contributed by atoms with Crippen LogP contribution in [0.5, 0.6) is 0 Å². The molecule has 0 aliphatic carbocycles. The van der Waals surface area contributed by atoms with Crippen LogP contribution in [0.25, 0.3) is 0 Å². The van der Waals surface area contributed by atoms with Crippen molar-refractivity contribution in [1.82, 2.24) is 9.55 Å². The second-order valence-electron chi connectivity index (χ2n) is 5.18. The molecule has 0 amide bonds. The highest BCUT2D eigenvalue weighted by atomic mass is 16.6. The van der Waals surface area contributed by atoms with E-state index in [4.69, 9.17) is 14.2 Å². The van der Waals surface area contributed by atoms with Gasteiger partial charge < -0.3 is 24.4 Å². The Bertz CT molecular complexity index is 712. The average molecular weight is 330 g/mol.